The first-order valence-corrected chi connectivity index (χ1v) is 6.67. The Morgan fingerprint density at radius 3 is 2.83 bits per heavy atom. The summed E-state index contributed by atoms with van der Waals surface area (Å²) in [6.45, 7) is 5.16. The van der Waals surface area contributed by atoms with Gasteiger partial charge in [-0.3, -0.25) is 0 Å². The summed E-state index contributed by atoms with van der Waals surface area (Å²) in [5.41, 5.74) is 1.21. The summed E-state index contributed by atoms with van der Waals surface area (Å²) in [7, 11) is 1.68. The zero-order valence-electron chi connectivity index (χ0n) is 11.1. The zero-order valence-corrected chi connectivity index (χ0v) is 11.9. The van der Waals surface area contributed by atoms with Gasteiger partial charge in [-0.1, -0.05) is 23.7 Å². The lowest BCUT2D eigenvalue weighted by Crippen LogP contribution is -2.21. The summed E-state index contributed by atoms with van der Waals surface area (Å²) in [6.07, 6.45) is 0.995. The maximum absolute atomic E-state index is 5.96. The van der Waals surface area contributed by atoms with Gasteiger partial charge in [0, 0.05) is 24.8 Å². The molecule has 18 heavy (non-hydrogen) atoms. The second kappa shape index (κ2) is 9.34. The SMILES string of the molecule is COCCOCCCN[C@H](C)c1cccc(Cl)c1. The standard InChI is InChI=1S/C14H22ClNO2/c1-12(13-5-3-6-14(15)11-13)16-7-4-8-18-10-9-17-2/h3,5-6,11-12,16H,4,7-10H2,1-2H3/t12-/m1/s1. The first-order chi connectivity index (χ1) is 8.74. The summed E-state index contributed by atoms with van der Waals surface area (Å²) < 4.78 is 10.3. The van der Waals surface area contributed by atoms with E-state index in [0.29, 0.717) is 19.3 Å². The number of ether oxygens (including phenoxy) is 2. The fraction of sp³-hybridized carbons (Fsp3) is 0.571. The van der Waals surface area contributed by atoms with Gasteiger partial charge in [-0.25, -0.2) is 0 Å². The highest BCUT2D eigenvalue weighted by molar-refractivity contribution is 6.30. The molecule has 0 aliphatic heterocycles. The smallest absolute Gasteiger partial charge is 0.0700 e. The second-order valence-corrected chi connectivity index (χ2v) is 4.63. The largest absolute Gasteiger partial charge is 0.382 e. The maximum atomic E-state index is 5.96. The molecule has 0 bridgehead atoms. The van der Waals surface area contributed by atoms with Crippen LogP contribution in [0.4, 0.5) is 0 Å². The van der Waals surface area contributed by atoms with Crippen LogP contribution in [0.1, 0.15) is 24.9 Å². The molecule has 0 saturated heterocycles. The highest BCUT2D eigenvalue weighted by Gasteiger charge is 2.04. The first kappa shape index (κ1) is 15.4. The molecule has 0 spiro atoms. The Hall–Kier alpha value is -0.610. The Balaban J connectivity index is 2.12. The zero-order chi connectivity index (χ0) is 13.2. The van der Waals surface area contributed by atoms with Gasteiger partial charge in [0.2, 0.25) is 0 Å². The van der Waals surface area contributed by atoms with E-state index in [4.69, 9.17) is 21.1 Å². The minimum Gasteiger partial charge on any atom is -0.382 e. The summed E-state index contributed by atoms with van der Waals surface area (Å²) >= 11 is 5.96. The van der Waals surface area contributed by atoms with Crippen molar-refractivity contribution in [2.45, 2.75) is 19.4 Å². The van der Waals surface area contributed by atoms with Crippen LogP contribution >= 0.6 is 11.6 Å². The summed E-state index contributed by atoms with van der Waals surface area (Å²) in [5.74, 6) is 0. The minimum absolute atomic E-state index is 0.308. The van der Waals surface area contributed by atoms with Crippen molar-refractivity contribution in [2.24, 2.45) is 0 Å². The van der Waals surface area contributed by atoms with Crippen molar-refractivity contribution in [3.63, 3.8) is 0 Å². The molecule has 0 radical (unpaired) electrons. The molecule has 0 aliphatic carbocycles. The fourth-order valence-corrected chi connectivity index (χ4v) is 1.83. The average Bonchev–Trinajstić information content (AvgIpc) is 2.37. The van der Waals surface area contributed by atoms with Gasteiger partial charge >= 0.3 is 0 Å². The van der Waals surface area contributed by atoms with Gasteiger partial charge in [0.1, 0.15) is 0 Å². The van der Waals surface area contributed by atoms with Crippen LogP contribution in [-0.2, 0) is 9.47 Å². The van der Waals surface area contributed by atoms with Crippen LogP contribution in [-0.4, -0.2) is 33.5 Å². The lowest BCUT2D eigenvalue weighted by molar-refractivity contribution is 0.0693. The van der Waals surface area contributed by atoms with Crippen molar-refractivity contribution < 1.29 is 9.47 Å². The molecule has 0 aromatic heterocycles. The highest BCUT2D eigenvalue weighted by atomic mass is 35.5. The minimum atomic E-state index is 0.308. The molecule has 0 amide bonds. The number of rotatable bonds is 9. The topological polar surface area (TPSA) is 30.5 Å². The van der Waals surface area contributed by atoms with E-state index < -0.39 is 0 Å². The molecule has 1 N–H and O–H groups in total. The van der Waals surface area contributed by atoms with Gasteiger partial charge in [-0.05, 0) is 37.6 Å². The van der Waals surface area contributed by atoms with Crippen LogP contribution in [0, 0.1) is 0 Å². The number of hydrogen-bond donors (Lipinski definition) is 1. The van der Waals surface area contributed by atoms with Crippen molar-refractivity contribution in [1.82, 2.24) is 5.32 Å². The molecule has 0 unspecified atom stereocenters. The third-order valence-electron chi connectivity index (χ3n) is 2.70. The monoisotopic (exact) mass is 271 g/mol. The van der Waals surface area contributed by atoms with E-state index in [1.54, 1.807) is 7.11 Å². The van der Waals surface area contributed by atoms with E-state index in [2.05, 4.69) is 18.3 Å². The molecular formula is C14H22ClNO2. The Labute approximate surface area is 114 Å². The van der Waals surface area contributed by atoms with Crippen LogP contribution in [0.5, 0.6) is 0 Å². The average molecular weight is 272 g/mol. The third kappa shape index (κ3) is 6.36. The fourth-order valence-electron chi connectivity index (χ4n) is 1.63. The van der Waals surface area contributed by atoms with Gasteiger partial charge in [0.15, 0.2) is 0 Å². The predicted molar refractivity (Wildman–Crippen MR) is 75.2 cm³/mol. The van der Waals surface area contributed by atoms with Gasteiger partial charge in [0.25, 0.3) is 0 Å². The molecular weight excluding hydrogens is 250 g/mol. The lowest BCUT2D eigenvalue weighted by Gasteiger charge is -2.14. The van der Waals surface area contributed by atoms with E-state index in [1.165, 1.54) is 5.56 Å². The number of halogens is 1. The molecule has 0 aliphatic rings. The van der Waals surface area contributed by atoms with Gasteiger partial charge in [0.05, 0.1) is 13.2 Å². The molecule has 3 nitrogen and oxygen atoms in total. The molecule has 1 aromatic carbocycles. The molecule has 0 saturated carbocycles. The molecule has 1 atom stereocenters. The quantitative estimate of drug-likeness (QED) is 0.701. The molecule has 0 fully saturated rings. The van der Waals surface area contributed by atoms with Crippen molar-refractivity contribution >= 4 is 11.6 Å². The summed E-state index contributed by atoms with van der Waals surface area (Å²) in [5, 5.41) is 4.23. The van der Waals surface area contributed by atoms with E-state index in [0.717, 1.165) is 24.6 Å². The van der Waals surface area contributed by atoms with Crippen LogP contribution in [0.15, 0.2) is 24.3 Å². The normalized spacial score (nSPS) is 12.6. The molecule has 0 heterocycles. The first-order valence-electron chi connectivity index (χ1n) is 6.29. The molecule has 4 heteroatoms. The van der Waals surface area contributed by atoms with Gasteiger partial charge < -0.3 is 14.8 Å². The summed E-state index contributed by atoms with van der Waals surface area (Å²) in [4.78, 5) is 0. The molecule has 102 valence electrons. The van der Waals surface area contributed by atoms with Gasteiger partial charge in [-0.15, -0.1) is 0 Å². The lowest BCUT2D eigenvalue weighted by atomic mass is 10.1. The Morgan fingerprint density at radius 2 is 2.11 bits per heavy atom. The van der Waals surface area contributed by atoms with E-state index in [-0.39, 0.29) is 0 Å². The van der Waals surface area contributed by atoms with Crippen LogP contribution in [0.25, 0.3) is 0 Å². The van der Waals surface area contributed by atoms with Crippen molar-refractivity contribution in [3.05, 3.63) is 34.9 Å². The Morgan fingerprint density at radius 1 is 1.28 bits per heavy atom. The van der Waals surface area contributed by atoms with Crippen LogP contribution < -0.4 is 5.32 Å². The second-order valence-electron chi connectivity index (χ2n) is 4.19. The van der Waals surface area contributed by atoms with E-state index >= 15 is 0 Å². The van der Waals surface area contributed by atoms with Crippen LogP contribution in [0.2, 0.25) is 5.02 Å². The Kier molecular flexibility index (Phi) is 8.01. The predicted octanol–water partition coefficient (Wildman–Crippen LogP) is 3.04. The number of nitrogens with one attached hydrogen (secondary N) is 1. The highest BCUT2D eigenvalue weighted by Crippen LogP contribution is 2.16. The molecule has 1 rings (SSSR count). The van der Waals surface area contributed by atoms with Crippen molar-refractivity contribution in [1.29, 1.82) is 0 Å². The number of methoxy groups -OCH3 is 1. The van der Waals surface area contributed by atoms with Crippen molar-refractivity contribution in [2.75, 3.05) is 33.5 Å². The van der Waals surface area contributed by atoms with E-state index in [1.807, 2.05) is 18.2 Å². The molecule has 1 aromatic rings. The number of hydrogen-bond acceptors (Lipinski definition) is 3. The van der Waals surface area contributed by atoms with Gasteiger partial charge in [-0.2, -0.15) is 0 Å². The number of benzene rings is 1. The maximum Gasteiger partial charge on any atom is 0.0700 e. The Bertz CT molecular complexity index is 333. The van der Waals surface area contributed by atoms with E-state index in [9.17, 15) is 0 Å². The van der Waals surface area contributed by atoms with Crippen molar-refractivity contribution in [3.8, 4) is 0 Å². The van der Waals surface area contributed by atoms with Crippen LogP contribution in [0.3, 0.4) is 0 Å². The summed E-state index contributed by atoms with van der Waals surface area (Å²) in [6, 6.07) is 8.25. The third-order valence-corrected chi connectivity index (χ3v) is 2.93.